The van der Waals surface area contributed by atoms with Crippen molar-refractivity contribution in [2.75, 3.05) is 0 Å². The Bertz CT molecular complexity index is 2770. The van der Waals surface area contributed by atoms with Crippen molar-refractivity contribution in [3.05, 3.63) is 163 Å². The molecule has 0 spiro atoms. The monoisotopic (exact) mass is 656 g/mol. The first-order chi connectivity index (χ1) is 25.1. The van der Waals surface area contributed by atoms with Crippen molar-refractivity contribution in [1.29, 1.82) is 0 Å². The van der Waals surface area contributed by atoms with Crippen molar-refractivity contribution in [2.24, 2.45) is 0 Å². The fourth-order valence-electron chi connectivity index (χ4n) is 8.43. The normalized spacial score (nSPS) is 12.4. The molecule has 0 radical (unpaired) electrons. The quantitative estimate of drug-likeness (QED) is 0.112. The van der Waals surface area contributed by atoms with E-state index in [1.54, 1.807) is 24.3 Å². The minimum absolute atomic E-state index is 0.0118. The van der Waals surface area contributed by atoms with Crippen LogP contribution in [0.2, 0.25) is 0 Å². The highest BCUT2D eigenvalue weighted by Gasteiger charge is 2.40. The van der Waals surface area contributed by atoms with E-state index in [4.69, 9.17) is 9.47 Å². The SMILES string of the molecule is O=C(Oc1ccccc1)c1ccc2c(c1)c1cccc3c1n2-c1cccc2c1B3c1cccc3c4cc(C(=O)Oc5ccccc5)ccc4n-2c13. The lowest BCUT2D eigenvalue weighted by Crippen LogP contribution is -2.59. The number of benzene rings is 7. The van der Waals surface area contributed by atoms with Gasteiger partial charge in [-0.15, -0.1) is 0 Å². The molecule has 0 saturated heterocycles. The Balaban J connectivity index is 1.11. The molecular weight excluding hydrogens is 631 g/mol. The summed E-state index contributed by atoms with van der Waals surface area (Å²) in [6.45, 7) is -0.0118. The van der Waals surface area contributed by atoms with Crippen molar-refractivity contribution in [2.45, 2.75) is 0 Å². The van der Waals surface area contributed by atoms with Gasteiger partial charge in [-0.3, -0.25) is 0 Å². The van der Waals surface area contributed by atoms with Crippen LogP contribution >= 0.6 is 0 Å². The van der Waals surface area contributed by atoms with Gasteiger partial charge in [0, 0.05) is 44.0 Å². The van der Waals surface area contributed by atoms with Crippen molar-refractivity contribution in [3.63, 3.8) is 0 Å². The highest BCUT2D eigenvalue weighted by molar-refractivity contribution is 7.00. The van der Waals surface area contributed by atoms with Gasteiger partial charge in [-0.05, 0) is 89.2 Å². The lowest BCUT2D eigenvalue weighted by molar-refractivity contribution is 0.0725. The lowest BCUT2D eigenvalue weighted by atomic mass is 9.34. The van der Waals surface area contributed by atoms with Crippen LogP contribution in [-0.2, 0) is 0 Å². The van der Waals surface area contributed by atoms with Gasteiger partial charge in [0.25, 0.3) is 6.71 Å². The van der Waals surface area contributed by atoms with Crippen LogP contribution in [0.25, 0.3) is 55.0 Å². The van der Waals surface area contributed by atoms with Gasteiger partial charge in [0.2, 0.25) is 0 Å². The highest BCUT2D eigenvalue weighted by atomic mass is 16.5. The maximum Gasteiger partial charge on any atom is 0.343 e. The first kappa shape index (κ1) is 28.0. The molecule has 0 N–H and O–H groups in total. The molecule has 7 aromatic carbocycles. The van der Waals surface area contributed by atoms with Crippen LogP contribution in [0.5, 0.6) is 11.5 Å². The molecule has 2 aromatic heterocycles. The van der Waals surface area contributed by atoms with E-state index >= 15 is 0 Å². The first-order valence-corrected chi connectivity index (χ1v) is 17.0. The number of fused-ring (bicyclic) bond motifs is 10. The smallest absolute Gasteiger partial charge is 0.343 e. The molecule has 0 fully saturated rings. The molecular formula is C44H25BN2O4. The van der Waals surface area contributed by atoms with Crippen LogP contribution in [-0.4, -0.2) is 27.8 Å². The minimum atomic E-state index is -0.386. The molecule has 0 saturated carbocycles. The van der Waals surface area contributed by atoms with Gasteiger partial charge in [-0.1, -0.05) is 78.9 Å². The molecule has 7 heteroatoms. The average Bonchev–Trinajstić information content (AvgIpc) is 3.69. The molecule has 4 heterocycles. The predicted octanol–water partition coefficient (Wildman–Crippen LogP) is 7.46. The summed E-state index contributed by atoms with van der Waals surface area (Å²) in [7, 11) is 0. The van der Waals surface area contributed by atoms with E-state index < -0.39 is 0 Å². The number of hydrogen-bond acceptors (Lipinski definition) is 4. The van der Waals surface area contributed by atoms with Crippen LogP contribution in [0.1, 0.15) is 20.7 Å². The van der Waals surface area contributed by atoms with E-state index in [2.05, 4.69) is 63.7 Å². The number of rotatable bonds is 4. The summed E-state index contributed by atoms with van der Waals surface area (Å²) < 4.78 is 16.1. The average molecular weight is 657 g/mol. The molecule has 2 aliphatic heterocycles. The number of esters is 2. The summed E-state index contributed by atoms with van der Waals surface area (Å²) in [6, 6.07) is 49.6. The predicted molar refractivity (Wildman–Crippen MR) is 203 cm³/mol. The van der Waals surface area contributed by atoms with E-state index in [0.29, 0.717) is 22.6 Å². The second-order valence-corrected chi connectivity index (χ2v) is 13.2. The van der Waals surface area contributed by atoms with Crippen LogP contribution in [0, 0.1) is 0 Å². The Hall–Kier alpha value is -6.86. The van der Waals surface area contributed by atoms with Crippen LogP contribution < -0.4 is 25.9 Å². The number of carbonyl (C=O) groups is 2. The largest absolute Gasteiger partial charge is 0.423 e. The molecule has 0 atom stereocenters. The number of nitrogens with zero attached hydrogens (tertiary/aromatic N) is 2. The summed E-state index contributed by atoms with van der Waals surface area (Å²) in [4.78, 5) is 26.6. The molecule has 0 unspecified atom stereocenters. The Morgan fingerprint density at radius 3 is 1.37 bits per heavy atom. The molecule has 0 bridgehead atoms. The van der Waals surface area contributed by atoms with Crippen LogP contribution in [0.4, 0.5) is 0 Å². The van der Waals surface area contributed by atoms with Gasteiger partial charge in [0.1, 0.15) is 11.5 Å². The summed E-state index contributed by atoms with van der Waals surface area (Å²) in [5.74, 6) is 0.259. The number of hydrogen-bond donors (Lipinski definition) is 0. The lowest BCUT2D eigenvalue weighted by Gasteiger charge is -2.33. The fraction of sp³-hybridized carbons (Fsp3) is 0. The van der Waals surface area contributed by atoms with E-state index in [1.807, 2.05) is 72.8 Å². The van der Waals surface area contributed by atoms with Crippen molar-refractivity contribution < 1.29 is 19.1 Å². The third-order valence-corrected chi connectivity index (χ3v) is 10.5. The zero-order valence-corrected chi connectivity index (χ0v) is 27.0. The van der Waals surface area contributed by atoms with E-state index in [9.17, 15) is 9.59 Å². The molecule has 9 aromatic rings. The highest BCUT2D eigenvalue weighted by Crippen LogP contribution is 2.39. The zero-order chi connectivity index (χ0) is 33.8. The number of ether oxygens (including phenoxy) is 2. The maximum atomic E-state index is 13.3. The third-order valence-electron chi connectivity index (χ3n) is 10.5. The molecule has 238 valence electrons. The van der Waals surface area contributed by atoms with E-state index in [1.165, 1.54) is 16.4 Å². The standard InChI is InChI=1S/C44H25BN2O4/c48-43(50-28-10-3-1-4-11-28)26-20-22-36-32(24-26)30-14-7-16-34-41(30)46(36)38-18-9-19-39-40(38)45(34)35-17-8-15-31-33-25-27(21-23-37(33)47(39)42(31)35)44(49)51-29-12-5-2-6-13-29/h1-25H. The first-order valence-electron chi connectivity index (χ1n) is 17.0. The Labute approximate surface area is 291 Å². The zero-order valence-electron chi connectivity index (χ0n) is 27.0. The van der Waals surface area contributed by atoms with Gasteiger partial charge >= 0.3 is 11.9 Å². The molecule has 11 rings (SSSR count). The van der Waals surface area contributed by atoms with Gasteiger partial charge in [0.15, 0.2) is 0 Å². The molecule has 0 amide bonds. The van der Waals surface area contributed by atoms with Crippen molar-refractivity contribution in [3.8, 4) is 22.9 Å². The Kier molecular flexibility index (Phi) is 5.68. The van der Waals surface area contributed by atoms with E-state index in [-0.39, 0.29) is 18.7 Å². The molecule has 2 aliphatic rings. The fourth-order valence-corrected chi connectivity index (χ4v) is 8.43. The van der Waals surface area contributed by atoms with E-state index in [0.717, 1.165) is 55.0 Å². The van der Waals surface area contributed by atoms with Crippen LogP contribution in [0.15, 0.2) is 152 Å². The maximum absolute atomic E-state index is 13.3. The summed E-state index contributed by atoms with van der Waals surface area (Å²) in [5.41, 5.74) is 11.2. The second-order valence-electron chi connectivity index (χ2n) is 13.2. The number of para-hydroxylation sites is 4. The Morgan fingerprint density at radius 1 is 0.451 bits per heavy atom. The molecule has 6 nitrogen and oxygen atoms in total. The van der Waals surface area contributed by atoms with Crippen molar-refractivity contribution in [1.82, 2.24) is 9.13 Å². The number of carbonyl (C=O) groups excluding carboxylic acids is 2. The van der Waals surface area contributed by atoms with Crippen molar-refractivity contribution >= 4 is 78.7 Å². The number of aromatic nitrogens is 2. The summed E-state index contributed by atoms with van der Waals surface area (Å²) in [5, 5.41) is 4.19. The van der Waals surface area contributed by atoms with Crippen LogP contribution in [0.3, 0.4) is 0 Å². The Morgan fingerprint density at radius 2 is 0.902 bits per heavy atom. The van der Waals surface area contributed by atoms with Gasteiger partial charge in [0.05, 0.1) is 22.2 Å². The third kappa shape index (κ3) is 3.88. The topological polar surface area (TPSA) is 62.5 Å². The second kappa shape index (κ2) is 10.3. The van der Waals surface area contributed by atoms with Gasteiger partial charge in [-0.25, -0.2) is 9.59 Å². The summed E-state index contributed by atoms with van der Waals surface area (Å²) >= 11 is 0. The van der Waals surface area contributed by atoms with Gasteiger partial charge < -0.3 is 18.6 Å². The minimum Gasteiger partial charge on any atom is -0.423 e. The van der Waals surface area contributed by atoms with Gasteiger partial charge in [-0.2, -0.15) is 0 Å². The summed E-state index contributed by atoms with van der Waals surface area (Å²) in [6.07, 6.45) is 0. The molecule has 51 heavy (non-hydrogen) atoms. The molecule has 0 aliphatic carbocycles.